The summed E-state index contributed by atoms with van der Waals surface area (Å²) in [5.41, 5.74) is 0.206. The van der Waals surface area contributed by atoms with E-state index in [1.54, 1.807) is 13.0 Å². The summed E-state index contributed by atoms with van der Waals surface area (Å²) in [6, 6.07) is 5.32. The molecule has 1 aromatic carbocycles. The Labute approximate surface area is 119 Å². The Morgan fingerprint density at radius 2 is 2.19 bits per heavy atom. The largest absolute Gasteiger partial charge is 0.496 e. The minimum Gasteiger partial charge on any atom is -0.496 e. The first-order chi connectivity index (χ1) is 10.0. The molecule has 1 aromatic heterocycles. The molecule has 21 heavy (non-hydrogen) atoms. The predicted octanol–water partition coefficient (Wildman–Crippen LogP) is 2.26. The van der Waals surface area contributed by atoms with Gasteiger partial charge >= 0.3 is 5.97 Å². The summed E-state index contributed by atoms with van der Waals surface area (Å²) in [6.07, 6.45) is 0. The maximum absolute atomic E-state index is 12.0. The molecule has 0 radical (unpaired) electrons. The van der Waals surface area contributed by atoms with Gasteiger partial charge in [-0.1, -0.05) is 5.16 Å². The highest BCUT2D eigenvalue weighted by Crippen LogP contribution is 2.25. The van der Waals surface area contributed by atoms with Gasteiger partial charge in [0.1, 0.15) is 29.4 Å². The van der Waals surface area contributed by atoms with Crippen molar-refractivity contribution in [3.05, 3.63) is 51.4 Å². The number of rotatable bonds is 5. The van der Waals surface area contributed by atoms with Crippen LogP contribution >= 0.6 is 0 Å². The normalized spacial score (nSPS) is 10.2. The van der Waals surface area contributed by atoms with E-state index in [1.165, 1.54) is 19.2 Å². The van der Waals surface area contributed by atoms with Crippen molar-refractivity contribution < 1.29 is 23.7 Å². The smallest absolute Gasteiger partial charge is 0.342 e. The number of aryl methyl sites for hydroxylation is 1. The number of benzene rings is 1. The van der Waals surface area contributed by atoms with Crippen LogP contribution in [0.5, 0.6) is 5.75 Å². The summed E-state index contributed by atoms with van der Waals surface area (Å²) in [5, 5.41) is 14.4. The Balaban J connectivity index is 2.17. The molecule has 0 aliphatic carbocycles. The molecule has 0 aliphatic heterocycles. The van der Waals surface area contributed by atoms with E-state index < -0.39 is 10.9 Å². The van der Waals surface area contributed by atoms with E-state index in [4.69, 9.17) is 14.0 Å². The third-order valence-electron chi connectivity index (χ3n) is 2.64. The molecule has 0 amide bonds. The third kappa shape index (κ3) is 3.35. The van der Waals surface area contributed by atoms with Crippen molar-refractivity contribution >= 4 is 11.7 Å². The number of hydrogen-bond acceptors (Lipinski definition) is 7. The van der Waals surface area contributed by atoms with Crippen molar-refractivity contribution in [3.8, 4) is 5.75 Å². The second kappa shape index (κ2) is 6.04. The molecular formula is C13H12N2O6. The van der Waals surface area contributed by atoms with E-state index >= 15 is 0 Å². The zero-order valence-electron chi connectivity index (χ0n) is 11.4. The summed E-state index contributed by atoms with van der Waals surface area (Å²) in [4.78, 5) is 22.1. The number of nitro groups is 1. The standard InChI is InChI=1S/C13H12N2O6/c1-8-5-9(14-21-8)7-20-13(16)11-6-10(15(17)18)3-4-12(11)19-2/h3-6H,7H2,1-2H3. The van der Waals surface area contributed by atoms with Gasteiger partial charge in [0.25, 0.3) is 5.69 Å². The maximum atomic E-state index is 12.0. The first-order valence-corrected chi connectivity index (χ1v) is 5.93. The van der Waals surface area contributed by atoms with E-state index in [-0.39, 0.29) is 23.6 Å². The van der Waals surface area contributed by atoms with Gasteiger partial charge in [-0.15, -0.1) is 0 Å². The Morgan fingerprint density at radius 3 is 2.76 bits per heavy atom. The van der Waals surface area contributed by atoms with Gasteiger partial charge < -0.3 is 14.0 Å². The molecule has 0 spiro atoms. The SMILES string of the molecule is COc1ccc([N+](=O)[O-])cc1C(=O)OCc1cc(C)on1. The number of ether oxygens (including phenoxy) is 2. The lowest BCUT2D eigenvalue weighted by Gasteiger charge is -2.07. The van der Waals surface area contributed by atoms with Crippen molar-refractivity contribution in [1.82, 2.24) is 5.16 Å². The van der Waals surface area contributed by atoms with Crippen molar-refractivity contribution in [3.63, 3.8) is 0 Å². The summed E-state index contributed by atoms with van der Waals surface area (Å²) in [7, 11) is 1.36. The van der Waals surface area contributed by atoms with Gasteiger partial charge in [0.15, 0.2) is 0 Å². The summed E-state index contributed by atoms with van der Waals surface area (Å²) < 4.78 is 14.9. The monoisotopic (exact) mass is 292 g/mol. The van der Waals surface area contributed by atoms with Crippen LogP contribution in [0.4, 0.5) is 5.69 Å². The van der Waals surface area contributed by atoms with Crippen LogP contribution in [-0.4, -0.2) is 23.2 Å². The quantitative estimate of drug-likeness (QED) is 0.472. The van der Waals surface area contributed by atoms with Crippen LogP contribution in [0.15, 0.2) is 28.8 Å². The molecule has 8 nitrogen and oxygen atoms in total. The predicted molar refractivity (Wildman–Crippen MR) is 70.0 cm³/mol. The Hall–Kier alpha value is -2.90. The van der Waals surface area contributed by atoms with Crippen molar-refractivity contribution in [2.75, 3.05) is 7.11 Å². The first-order valence-electron chi connectivity index (χ1n) is 5.93. The lowest BCUT2D eigenvalue weighted by Crippen LogP contribution is -2.08. The van der Waals surface area contributed by atoms with Gasteiger partial charge in [0, 0.05) is 18.2 Å². The maximum Gasteiger partial charge on any atom is 0.342 e. The van der Waals surface area contributed by atoms with Gasteiger partial charge in [0.2, 0.25) is 0 Å². The van der Waals surface area contributed by atoms with Gasteiger partial charge in [-0.2, -0.15) is 0 Å². The Kier molecular flexibility index (Phi) is 4.17. The van der Waals surface area contributed by atoms with Crippen LogP contribution in [0.2, 0.25) is 0 Å². The molecule has 110 valence electrons. The highest BCUT2D eigenvalue weighted by Gasteiger charge is 2.19. The van der Waals surface area contributed by atoms with Crippen LogP contribution in [0.3, 0.4) is 0 Å². The van der Waals surface area contributed by atoms with E-state index in [2.05, 4.69) is 5.16 Å². The minimum atomic E-state index is -0.740. The molecule has 0 saturated heterocycles. The van der Waals surface area contributed by atoms with E-state index in [0.29, 0.717) is 11.5 Å². The van der Waals surface area contributed by atoms with Gasteiger partial charge in [-0.05, 0) is 13.0 Å². The number of nitrogens with zero attached hydrogens (tertiary/aromatic N) is 2. The van der Waals surface area contributed by atoms with Crippen molar-refractivity contribution in [1.29, 1.82) is 0 Å². The molecule has 0 bridgehead atoms. The topological polar surface area (TPSA) is 105 Å². The van der Waals surface area contributed by atoms with Crippen LogP contribution in [-0.2, 0) is 11.3 Å². The van der Waals surface area contributed by atoms with Crippen LogP contribution in [0, 0.1) is 17.0 Å². The number of carbonyl (C=O) groups is 1. The van der Waals surface area contributed by atoms with Crippen LogP contribution in [0.1, 0.15) is 21.8 Å². The van der Waals surface area contributed by atoms with Crippen molar-refractivity contribution in [2.24, 2.45) is 0 Å². The van der Waals surface area contributed by atoms with Crippen LogP contribution in [0.25, 0.3) is 0 Å². The van der Waals surface area contributed by atoms with E-state index in [9.17, 15) is 14.9 Å². The molecule has 2 rings (SSSR count). The van der Waals surface area contributed by atoms with Gasteiger partial charge in [0.05, 0.1) is 12.0 Å². The second-order valence-corrected chi connectivity index (χ2v) is 4.15. The number of aromatic nitrogens is 1. The summed E-state index contributed by atoms with van der Waals surface area (Å²) in [5.74, 6) is 0.0483. The lowest BCUT2D eigenvalue weighted by atomic mass is 10.2. The number of esters is 1. The average molecular weight is 292 g/mol. The Bertz CT molecular complexity index is 679. The lowest BCUT2D eigenvalue weighted by molar-refractivity contribution is -0.384. The first kappa shape index (κ1) is 14.5. The van der Waals surface area contributed by atoms with E-state index in [1.807, 2.05) is 0 Å². The van der Waals surface area contributed by atoms with Gasteiger partial charge in [-0.3, -0.25) is 10.1 Å². The number of hydrogen-bond donors (Lipinski definition) is 0. The molecular weight excluding hydrogens is 280 g/mol. The van der Waals surface area contributed by atoms with Crippen molar-refractivity contribution in [2.45, 2.75) is 13.5 Å². The molecule has 0 unspecified atom stereocenters. The average Bonchev–Trinajstić information content (AvgIpc) is 2.89. The number of non-ortho nitro benzene ring substituents is 1. The molecule has 0 atom stereocenters. The Morgan fingerprint density at radius 1 is 1.43 bits per heavy atom. The number of nitro benzene ring substituents is 1. The molecule has 1 heterocycles. The molecule has 2 aromatic rings. The summed E-state index contributed by atoms with van der Waals surface area (Å²) in [6.45, 7) is 1.62. The molecule has 0 fully saturated rings. The minimum absolute atomic E-state index is 0.0214. The molecule has 0 aliphatic rings. The zero-order valence-corrected chi connectivity index (χ0v) is 11.4. The highest BCUT2D eigenvalue weighted by atomic mass is 16.6. The zero-order chi connectivity index (χ0) is 15.4. The highest BCUT2D eigenvalue weighted by molar-refractivity contribution is 5.93. The van der Waals surface area contributed by atoms with E-state index in [0.717, 1.165) is 6.07 Å². The fraction of sp³-hybridized carbons (Fsp3) is 0.231. The number of methoxy groups -OCH3 is 1. The third-order valence-corrected chi connectivity index (χ3v) is 2.64. The molecule has 8 heteroatoms. The fourth-order valence-electron chi connectivity index (χ4n) is 1.67. The summed E-state index contributed by atoms with van der Waals surface area (Å²) >= 11 is 0. The fourth-order valence-corrected chi connectivity index (χ4v) is 1.67. The number of carbonyl (C=O) groups excluding carboxylic acids is 1. The second-order valence-electron chi connectivity index (χ2n) is 4.15. The molecule has 0 N–H and O–H groups in total. The van der Waals surface area contributed by atoms with Gasteiger partial charge in [-0.25, -0.2) is 4.79 Å². The van der Waals surface area contributed by atoms with Crippen LogP contribution < -0.4 is 4.74 Å². The molecule has 0 saturated carbocycles.